The summed E-state index contributed by atoms with van der Waals surface area (Å²) in [7, 11) is 0. The fraction of sp³-hybridized carbons (Fsp3) is 0. The lowest BCUT2D eigenvalue weighted by Gasteiger charge is -1.70. The molecule has 0 amide bonds. The Balaban J connectivity index is 0. The van der Waals surface area contributed by atoms with Crippen molar-refractivity contribution >= 4 is 24.8 Å². The smallest absolute Gasteiger partial charge is 0.0324 e. The van der Waals surface area contributed by atoms with Crippen molar-refractivity contribution in [2.24, 2.45) is 0 Å². The molecule has 0 unspecified atom stereocenters. The van der Waals surface area contributed by atoms with Gasteiger partial charge in [-0.1, -0.05) is 6.07 Å². The average molecular weight is 163 g/mol. The third-order valence-electron chi connectivity index (χ3n) is 0.566. The molecule has 0 spiro atoms. The molecule has 0 aliphatic carbocycles. The highest BCUT2D eigenvalue weighted by atomic mass is 35.5. The van der Waals surface area contributed by atoms with Crippen LogP contribution in [0, 0.1) is 4.78 Å². The number of halogens is 1. The van der Waals surface area contributed by atoms with Gasteiger partial charge in [0.1, 0.15) is 0 Å². The van der Waals surface area contributed by atoms with Gasteiger partial charge in [0.05, 0.1) is 0 Å². The number of nitrogens with zero attached hydrogens (tertiary/aromatic N) is 1. The van der Waals surface area contributed by atoms with E-state index in [1.165, 1.54) is 0 Å². The van der Waals surface area contributed by atoms with Crippen LogP contribution in [0.1, 0.15) is 0 Å². The molecule has 0 radical (unpaired) electrons. The standard InChI is InChI=1S/C5H5N.ClH.HNS/c1-2-4-6-5-3-1;;1-2/h1-5H;1H;1H. The summed E-state index contributed by atoms with van der Waals surface area (Å²) in [5.41, 5.74) is 0. The van der Waals surface area contributed by atoms with Gasteiger partial charge in [0.25, 0.3) is 0 Å². The normalized spacial score (nSPS) is 5.78. The molecule has 50 valence electrons. The number of nitrogens with one attached hydrogen (secondary N) is 1. The molecule has 0 fully saturated rings. The van der Waals surface area contributed by atoms with Crippen molar-refractivity contribution in [3.8, 4) is 0 Å². The van der Waals surface area contributed by atoms with Crippen molar-refractivity contribution < 1.29 is 0 Å². The SMILES string of the molecule is Cl.N=S.c1ccncc1. The maximum absolute atomic E-state index is 5.33. The Hall–Kier alpha value is -0.540. The van der Waals surface area contributed by atoms with Crippen LogP contribution in [-0.2, 0) is 12.4 Å². The fourth-order valence-corrected chi connectivity index (χ4v) is 0.313. The van der Waals surface area contributed by atoms with Crippen LogP contribution < -0.4 is 0 Å². The predicted molar refractivity (Wildman–Crippen MR) is 41.6 cm³/mol. The molecular weight excluding hydrogens is 156 g/mol. The maximum Gasteiger partial charge on any atom is 0.0324 e. The monoisotopic (exact) mass is 162 g/mol. The van der Waals surface area contributed by atoms with Crippen molar-refractivity contribution in [1.82, 2.24) is 4.98 Å². The zero-order chi connectivity index (χ0) is 6.24. The zero-order valence-corrected chi connectivity index (χ0v) is 6.28. The van der Waals surface area contributed by atoms with Crippen molar-refractivity contribution in [3.05, 3.63) is 30.6 Å². The largest absolute Gasteiger partial charge is 0.265 e. The van der Waals surface area contributed by atoms with Gasteiger partial charge in [0.2, 0.25) is 0 Å². The number of rotatable bonds is 0. The Morgan fingerprint density at radius 2 is 1.44 bits per heavy atom. The Labute approximate surface area is 65.7 Å². The van der Waals surface area contributed by atoms with Gasteiger partial charge in [-0.05, 0) is 12.1 Å². The molecule has 1 heterocycles. The number of aromatic nitrogens is 1. The summed E-state index contributed by atoms with van der Waals surface area (Å²) in [5, 5.41) is 0. The highest BCUT2D eigenvalue weighted by molar-refractivity contribution is 7.45. The summed E-state index contributed by atoms with van der Waals surface area (Å²) >= 11 is 3.33. The molecule has 0 aliphatic heterocycles. The summed E-state index contributed by atoms with van der Waals surface area (Å²) < 4.78 is 5.33. The van der Waals surface area contributed by atoms with Crippen molar-refractivity contribution in [1.29, 1.82) is 4.78 Å². The van der Waals surface area contributed by atoms with Gasteiger partial charge in [-0.2, -0.15) is 0 Å². The van der Waals surface area contributed by atoms with Crippen LogP contribution in [-0.4, -0.2) is 4.98 Å². The summed E-state index contributed by atoms with van der Waals surface area (Å²) in [4.78, 5) is 3.78. The maximum atomic E-state index is 5.33. The van der Waals surface area contributed by atoms with Crippen molar-refractivity contribution in [3.63, 3.8) is 0 Å². The quantitative estimate of drug-likeness (QED) is 0.632. The molecule has 1 aromatic heterocycles. The van der Waals surface area contributed by atoms with E-state index in [2.05, 4.69) is 17.4 Å². The second-order valence-electron chi connectivity index (χ2n) is 1.02. The van der Waals surface area contributed by atoms with Crippen molar-refractivity contribution in [2.45, 2.75) is 0 Å². The average Bonchev–Trinajstić information content (AvgIpc) is 1.96. The Bertz CT molecular complexity index is 97.8. The minimum atomic E-state index is 0. The van der Waals surface area contributed by atoms with Gasteiger partial charge in [0.15, 0.2) is 0 Å². The van der Waals surface area contributed by atoms with E-state index in [9.17, 15) is 0 Å². The lowest BCUT2D eigenvalue weighted by atomic mass is 10.5. The molecule has 0 saturated heterocycles. The van der Waals surface area contributed by atoms with Gasteiger partial charge in [-0.3, -0.25) is 4.98 Å². The molecule has 0 bridgehead atoms. The lowest BCUT2D eigenvalue weighted by molar-refractivity contribution is 1.33. The van der Waals surface area contributed by atoms with Crippen LogP contribution in [0.4, 0.5) is 0 Å². The van der Waals surface area contributed by atoms with Gasteiger partial charge in [0, 0.05) is 24.8 Å². The van der Waals surface area contributed by atoms with E-state index in [-0.39, 0.29) is 12.4 Å². The number of pyridine rings is 1. The summed E-state index contributed by atoms with van der Waals surface area (Å²) in [5.74, 6) is 0. The van der Waals surface area contributed by atoms with E-state index in [1.807, 2.05) is 18.2 Å². The lowest BCUT2D eigenvalue weighted by Crippen LogP contribution is -1.58. The molecule has 4 heteroatoms. The van der Waals surface area contributed by atoms with E-state index >= 15 is 0 Å². The van der Waals surface area contributed by atoms with E-state index in [4.69, 9.17) is 4.78 Å². The van der Waals surface area contributed by atoms with Gasteiger partial charge < -0.3 is 0 Å². The second-order valence-corrected chi connectivity index (χ2v) is 1.02. The molecule has 0 aliphatic rings. The summed E-state index contributed by atoms with van der Waals surface area (Å²) in [6.07, 6.45) is 3.50. The summed E-state index contributed by atoms with van der Waals surface area (Å²) in [6.45, 7) is 0. The molecule has 0 aromatic carbocycles. The van der Waals surface area contributed by atoms with Crippen LogP contribution in [0.5, 0.6) is 0 Å². The Kier molecular flexibility index (Phi) is 13.1. The Morgan fingerprint density at radius 3 is 1.56 bits per heavy atom. The van der Waals surface area contributed by atoms with Crippen LogP contribution in [0.3, 0.4) is 0 Å². The highest BCUT2D eigenvalue weighted by Gasteiger charge is 1.58. The van der Waals surface area contributed by atoms with E-state index < -0.39 is 0 Å². The third-order valence-corrected chi connectivity index (χ3v) is 0.566. The first-order valence-corrected chi connectivity index (χ1v) is 2.46. The van der Waals surface area contributed by atoms with Crippen molar-refractivity contribution in [2.75, 3.05) is 0 Å². The summed E-state index contributed by atoms with van der Waals surface area (Å²) in [6, 6.07) is 5.72. The van der Waals surface area contributed by atoms with Crippen LogP contribution in [0.25, 0.3) is 0 Å². The third kappa shape index (κ3) is 7.46. The van der Waals surface area contributed by atoms with E-state index in [1.54, 1.807) is 12.4 Å². The topological polar surface area (TPSA) is 36.7 Å². The number of hydrogen-bond donors (Lipinski definition) is 1. The highest BCUT2D eigenvalue weighted by Crippen LogP contribution is 1.73. The van der Waals surface area contributed by atoms with E-state index in [0.29, 0.717) is 0 Å². The molecule has 0 atom stereocenters. The first kappa shape index (κ1) is 11.3. The Morgan fingerprint density at radius 1 is 1.00 bits per heavy atom. The molecule has 9 heavy (non-hydrogen) atoms. The molecular formula is C5H7ClN2S. The first-order chi connectivity index (χ1) is 4.00. The minimum Gasteiger partial charge on any atom is -0.265 e. The van der Waals surface area contributed by atoms with Gasteiger partial charge in [-0.25, -0.2) is 4.78 Å². The van der Waals surface area contributed by atoms with Gasteiger partial charge >= 0.3 is 0 Å². The minimum absolute atomic E-state index is 0. The number of hydrogen-bond acceptors (Lipinski definition) is 3. The fourth-order valence-electron chi connectivity index (χ4n) is 0.313. The molecule has 1 rings (SSSR count). The van der Waals surface area contributed by atoms with Gasteiger partial charge in [-0.15, -0.1) is 12.4 Å². The molecule has 0 saturated carbocycles. The van der Waals surface area contributed by atoms with Crippen LogP contribution in [0.15, 0.2) is 30.6 Å². The van der Waals surface area contributed by atoms with Crippen LogP contribution in [0.2, 0.25) is 0 Å². The second kappa shape index (κ2) is 10.4. The molecule has 1 aromatic rings. The van der Waals surface area contributed by atoms with E-state index in [0.717, 1.165) is 0 Å². The predicted octanol–water partition coefficient (Wildman–Crippen LogP) is 1.80. The molecule has 1 N–H and O–H groups in total. The first-order valence-electron chi connectivity index (χ1n) is 2.05. The zero-order valence-electron chi connectivity index (χ0n) is 4.65. The van der Waals surface area contributed by atoms with Crippen LogP contribution >= 0.6 is 12.4 Å². The molecule has 2 nitrogen and oxygen atoms in total.